The molecule has 0 fully saturated rings. The summed E-state index contributed by atoms with van der Waals surface area (Å²) in [5, 5.41) is 7.14. The molecule has 3 N–H and O–H groups in total. The highest BCUT2D eigenvalue weighted by Gasteiger charge is 1.99. The Kier molecular flexibility index (Phi) is 4.15. The second kappa shape index (κ2) is 4.62. The van der Waals surface area contributed by atoms with Crippen molar-refractivity contribution in [1.82, 2.24) is 0 Å². The molecule has 1 rings (SSSR count). The molecule has 0 amide bonds. The SMILES string of the molecule is CN(C(=N)N)c1ccccc1.Cl. The Labute approximate surface area is 78.1 Å². The van der Waals surface area contributed by atoms with Gasteiger partial charge in [0.05, 0.1) is 0 Å². The van der Waals surface area contributed by atoms with Gasteiger partial charge in [0.25, 0.3) is 0 Å². The number of halogens is 1. The summed E-state index contributed by atoms with van der Waals surface area (Å²) in [6, 6.07) is 9.56. The number of guanidine groups is 1. The third-order valence-corrected chi connectivity index (χ3v) is 1.50. The minimum Gasteiger partial charge on any atom is -0.370 e. The number of anilines is 1. The molecule has 0 aliphatic rings. The van der Waals surface area contributed by atoms with Crippen LogP contribution in [-0.4, -0.2) is 13.0 Å². The van der Waals surface area contributed by atoms with Crippen molar-refractivity contribution in [3.05, 3.63) is 30.3 Å². The Morgan fingerprint density at radius 1 is 1.33 bits per heavy atom. The lowest BCUT2D eigenvalue weighted by atomic mass is 10.3. The van der Waals surface area contributed by atoms with Crippen LogP contribution in [-0.2, 0) is 0 Å². The van der Waals surface area contributed by atoms with E-state index in [1.54, 1.807) is 11.9 Å². The molecule has 0 atom stereocenters. The molecule has 0 saturated carbocycles. The van der Waals surface area contributed by atoms with Gasteiger partial charge < -0.3 is 10.6 Å². The summed E-state index contributed by atoms with van der Waals surface area (Å²) >= 11 is 0. The van der Waals surface area contributed by atoms with Gasteiger partial charge in [-0.1, -0.05) is 18.2 Å². The largest absolute Gasteiger partial charge is 0.370 e. The van der Waals surface area contributed by atoms with E-state index in [1.165, 1.54) is 0 Å². The molecule has 0 bridgehead atoms. The van der Waals surface area contributed by atoms with Crippen LogP contribution in [0.25, 0.3) is 0 Å². The van der Waals surface area contributed by atoms with Crippen molar-refractivity contribution in [2.75, 3.05) is 11.9 Å². The molecule has 1 aromatic rings. The molecule has 66 valence electrons. The van der Waals surface area contributed by atoms with Crippen LogP contribution in [0.4, 0.5) is 5.69 Å². The van der Waals surface area contributed by atoms with Gasteiger partial charge in [0.15, 0.2) is 5.96 Å². The van der Waals surface area contributed by atoms with Crippen LogP contribution in [0.15, 0.2) is 30.3 Å². The van der Waals surface area contributed by atoms with Crippen LogP contribution in [0.3, 0.4) is 0 Å². The quantitative estimate of drug-likeness (QED) is 0.514. The average molecular weight is 186 g/mol. The molecule has 0 radical (unpaired) electrons. The van der Waals surface area contributed by atoms with Crippen LogP contribution < -0.4 is 10.6 Å². The molecule has 0 unspecified atom stereocenters. The number of benzene rings is 1. The van der Waals surface area contributed by atoms with Crippen molar-refractivity contribution in [1.29, 1.82) is 5.41 Å². The zero-order valence-corrected chi connectivity index (χ0v) is 7.64. The Balaban J connectivity index is 0.00000121. The maximum absolute atomic E-state index is 7.14. The first kappa shape index (κ1) is 10.8. The van der Waals surface area contributed by atoms with Crippen LogP contribution in [0.5, 0.6) is 0 Å². The van der Waals surface area contributed by atoms with Crippen LogP contribution in [0.1, 0.15) is 0 Å². The third-order valence-electron chi connectivity index (χ3n) is 1.50. The minimum absolute atomic E-state index is 0. The van der Waals surface area contributed by atoms with Crippen molar-refractivity contribution in [3.8, 4) is 0 Å². The Morgan fingerprint density at radius 3 is 2.25 bits per heavy atom. The molecule has 0 spiro atoms. The number of hydrogen-bond donors (Lipinski definition) is 2. The highest BCUT2D eigenvalue weighted by molar-refractivity contribution is 5.91. The molecular weight excluding hydrogens is 174 g/mol. The molecule has 4 heteroatoms. The number of para-hydroxylation sites is 1. The lowest BCUT2D eigenvalue weighted by Crippen LogP contribution is -2.32. The number of nitrogens with one attached hydrogen (secondary N) is 1. The predicted octanol–water partition coefficient (Wildman–Crippen LogP) is 1.44. The summed E-state index contributed by atoms with van der Waals surface area (Å²) in [4.78, 5) is 1.61. The van der Waals surface area contributed by atoms with Crippen LogP contribution in [0, 0.1) is 5.41 Å². The molecule has 0 saturated heterocycles. The second-order valence-corrected chi connectivity index (χ2v) is 2.28. The molecule has 3 nitrogen and oxygen atoms in total. The van der Waals surface area contributed by atoms with Crippen LogP contribution in [0.2, 0.25) is 0 Å². The van der Waals surface area contributed by atoms with E-state index in [9.17, 15) is 0 Å². The summed E-state index contributed by atoms with van der Waals surface area (Å²) in [6.07, 6.45) is 0. The summed E-state index contributed by atoms with van der Waals surface area (Å²) in [6.45, 7) is 0. The molecule has 0 aromatic heterocycles. The standard InChI is InChI=1S/C8H11N3.ClH/c1-11(8(9)10)7-5-3-2-4-6-7;/h2-6H,1H3,(H3,9,10);1H. The van der Waals surface area contributed by atoms with Gasteiger partial charge in [-0.05, 0) is 12.1 Å². The van der Waals surface area contributed by atoms with E-state index in [2.05, 4.69) is 0 Å². The fourth-order valence-electron chi connectivity index (χ4n) is 0.791. The topological polar surface area (TPSA) is 53.1 Å². The van der Waals surface area contributed by atoms with E-state index in [4.69, 9.17) is 11.1 Å². The monoisotopic (exact) mass is 185 g/mol. The van der Waals surface area contributed by atoms with Crippen LogP contribution >= 0.6 is 12.4 Å². The van der Waals surface area contributed by atoms with Crippen molar-refractivity contribution < 1.29 is 0 Å². The third kappa shape index (κ3) is 2.43. The van der Waals surface area contributed by atoms with Crippen molar-refractivity contribution in [2.45, 2.75) is 0 Å². The van der Waals surface area contributed by atoms with E-state index >= 15 is 0 Å². The number of rotatable bonds is 1. The highest BCUT2D eigenvalue weighted by atomic mass is 35.5. The number of nitrogens with zero attached hydrogens (tertiary/aromatic N) is 1. The van der Waals surface area contributed by atoms with Gasteiger partial charge in [0.2, 0.25) is 0 Å². The van der Waals surface area contributed by atoms with E-state index in [0.717, 1.165) is 5.69 Å². The van der Waals surface area contributed by atoms with Crippen molar-refractivity contribution in [2.24, 2.45) is 5.73 Å². The lowest BCUT2D eigenvalue weighted by molar-refractivity contribution is 1.20. The van der Waals surface area contributed by atoms with Gasteiger partial charge in [0, 0.05) is 12.7 Å². The first-order valence-electron chi connectivity index (χ1n) is 3.34. The number of hydrogen-bond acceptors (Lipinski definition) is 1. The molecule has 0 heterocycles. The van der Waals surface area contributed by atoms with Crippen molar-refractivity contribution in [3.63, 3.8) is 0 Å². The summed E-state index contributed by atoms with van der Waals surface area (Å²) in [5.41, 5.74) is 6.21. The Hall–Kier alpha value is -1.22. The zero-order valence-electron chi connectivity index (χ0n) is 6.82. The van der Waals surface area contributed by atoms with E-state index in [0.29, 0.717) is 0 Å². The van der Waals surface area contributed by atoms with Gasteiger partial charge in [-0.15, -0.1) is 12.4 Å². The Bertz CT molecular complexity index is 248. The highest BCUT2D eigenvalue weighted by Crippen LogP contribution is 2.09. The fourth-order valence-corrected chi connectivity index (χ4v) is 0.791. The molecular formula is C8H12ClN3. The van der Waals surface area contributed by atoms with E-state index in [1.807, 2.05) is 30.3 Å². The summed E-state index contributed by atoms with van der Waals surface area (Å²) < 4.78 is 0. The van der Waals surface area contributed by atoms with E-state index in [-0.39, 0.29) is 18.4 Å². The zero-order chi connectivity index (χ0) is 8.27. The summed E-state index contributed by atoms with van der Waals surface area (Å²) in [5.74, 6) is 0.0520. The van der Waals surface area contributed by atoms with Gasteiger partial charge in [0.1, 0.15) is 0 Å². The first-order valence-corrected chi connectivity index (χ1v) is 3.34. The van der Waals surface area contributed by atoms with Gasteiger partial charge in [-0.3, -0.25) is 5.41 Å². The van der Waals surface area contributed by atoms with Gasteiger partial charge in [-0.25, -0.2) is 0 Å². The lowest BCUT2D eigenvalue weighted by Gasteiger charge is -2.15. The summed E-state index contributed by atoms with van der Waals surface area (Å²) in [7, 11) is 1.76. The van der Waals surface area contributed by atoms with Gasteiger partial charge in [-0.2, -0.15) is 0 Å². The normalized spacial score (nSPS) is 8.42. The smallest absolute Gasteiger partial charge is 0.192 e. The maximum Gasteiger partial charge on any atom is 0.192 e. The molecule has 1 aromatic carbocycles. The molecule has 0 aliphatic heterocycles. The van der Waals surface area contributed by atoms with Gasteiger partial charge >= 0.3 is 0 Å². The minimum atomic E-state index is 0. The van der Waals surface area contributed by atoms with Crippen molar-refractivity contribution >= 4 is 24.1 Å². The molecule has 12 heavy (non-hydrogen) atoms. The molecule has 0 aliphatic carbocycles. The number of nitrogens with two attached hydrogens (primary N) is 1. The fraction of sp³-hybridized carbons (Fsp3) is 0.125. The Morgan fingerprint density at radius 2 is 1.83 bits per heavy atom. The van der Waals surface area contributed by atoms with E-state index < -0.39 is 0 Å². The average Bonchev–Trinajstić information content (AvgIpc) is 2.05. The second-order valence-electron chi connectivity index (χ2n) is 2.28. The predicted molar refractivity (Wildman–Crippen MR) is 54.0 cm³/mol. The maximum atomic E-state index is 7.14. The first-order chi connectivity index (χ1) is 5.22.